The quantitative estimate of drug-likeness (QED) is 0.607. The largest absolute Gasteiger partial charge is 0.477 e. The van der Waals surface area contributed by atoms with Gasteiger partial charge in [-0.15, -0.1) is 0 Å². The summed E-state index contributed by atoms with van der Waals surface area (Å²) in [5, 5.41) is -0.0627. The third-order valence-electron chi connectivity index (χ3n) is 7.03. The minimum absolute atomic E-state index is 0.326. The Morgan fingerprint density at radius 2 is 1.81 bits per heavy atom. The Labute approximate surface area is 191 Å². The van der Waals surface area contributed by atoms with Crippen molar-refractivity contribution in [2.45, 2.75) is 67.9 Å². The molecule has 0 saturated heterocycles. The number of nitrogens with one attached hydrogen (secondary N) is 1. The van der Waals surface area contributed by atoms with Crippen LogP contribution in [-0.4, -0.2) is 24.9 Å². The van der Waals surface area contributed by atoms with Gasteiger partial charge < -0.3 is 4.74 Å². The maximum absolute atomic E-state index is 13.4. The Bertz CT molecular complexity index is 1170. The maximum Gasteiger partial charge on any atom is 0.281 e. The highest BCUT2D eigenvalue weighted by molar-refractivity contribution is 7.90. The molecule has 0 bridgehead atoms. The van der Waals surface area contributed by atoms with Crippen LogP contribution in [-0.2, 0) is 14.8 Å². The van der Waals surface area contributed by atoms with Crippen LogP contribution in [0.25, 0.3) is 0 Å². The van der Waals surface area contributed by atoms with Crippen molar-refractivity contribution in [2.24, 2.45) is 5.41 Å². The molecule has 0 atom stereocenters. The van der Waals surface area contributed by atoms with Gasteiger partial charge in [-0.3, -0.25) is 4.79 Å². The second kappa shape index (κ2) is 7.70. The fourth-order valence-corrected chi connectivity index (χ4v) is 5.82. The lowest BCUT2D eigenvalue weighted by atomic mass is 9.76. The van der Waals surface area contributed by atoms with Crippen LogP contribution in [0, 0.1) is 11.4 Å². The fraction of sp³-hybridized carbons (Fsp3) is 0.478. The second-order valence-corrected chi connectivity index (χ2v) is 11.4. The first kappa shape index (κ1) is 21.6. The number of pyridine rings is 1. The number of hydrogen-bond donors (Lipinski definition) is 1. The van der Waals surface area contributed by atoms with E-state index in [0.717, 1.165) is 30.5 Å². The van der Waals surface area contributed by atoms with Crippen LogP contribution in [0.4, 0.5) is 4.39 Å². The van der Waals surface area contributed by atoms with Gasteiger partial charge in [0, 0.05) is 17.9 Å². The van der Waals surface area contributed by atoms with Crippen LogP contribution in [0.1, 0.15) is 62.8 Å². The summed E-state index contributed by atoms with van der Waals surface area (Å²) in [6, 6.07) is 8.86. The molecule has 1 N–H and O–H groups in total. The van der Waals surface area contributed by atoms with E-state index in [0.29, 0.717) is 34.9 Å². The van der Waals surface area contributed by atoms with Crippen LogP contribution in [0.2, 0.25) is 5.02 Å². The van der Waals surface area contributed by atoms with E-state index in [1.165, 1.54) is 31.7 Å². The highest BCUT2D eigenvalue weighted by atomic mass is 35.5. The van der Waals surface area contributed by atoms with Gasteiger partial charge in [0.25, 0.3) is 15.9 Å². The third-order valence-corrected chi connectivity index (χ3v) is 8.50. The first-order chi connectivity index (χ1) is 15.2. The van der Waals surface area contributed by atoms with Crippen molar-refractivity contribution in [3.05, 3.63) is 52.9 Å². The number of aromatic nitrogens is 1. The molecule has 32 heavy (non-hydrogen) atoms. The monoisotopic (exact) mass is 478 g/mol. The first-order valence-corrected chi connectivity index (χ1v) is 12.7. The van der Waals surface area contributed by atoms with Gasteiger partial charge >= 0.3 is 0 Å². The number of amides is 1. The molecule has 6 nitrogen and oxygen atoms in total. The van der Waals surface area contributed by atoms with E-state index in [-0.39, 0.29) is 0 Å². The number of halogens is 2. The molecular weight excluding hydrogens is 455 g/mol. The Morgan fingerprint density at radius 3 is 2.44 bits per heavy atom. The number of ether oxygens (including phenoxy) is 1. The number of carbonyl (C=O) groups excluding carboxylic acids is 1. The van der Waals surface area contributed by atoms with Crippen molar-refractivity contribution < 1.29 is 22.3 Å². The molecule has 1 heterocycles. The molecule has 0 radical (unpaired) electrons. The van der Waals surface area contributed by atoms with E-state index < -0.39 is 32.5 Å². The molecule has 3 aliphatic carbocycles. The molecule has 3 saturated carbocycles. The Hall–Kier alpha value is -2.19. The van der Waals surface area contributed by atoms with Gasteiger partial charge in [-0.1, -0.05) is 23.7 Å². The molecule has 2 aromatic rings. The average molecular weight is 479 g/mol. The minimum atomic E-state index is -4.32. The van der Waals surface area contributed by atoms with Crippen LogP contribution in [0.3, 0.4) is 0 Å². The topological polar surface area (TPSA) is 85.4 Å². The Balaban J connectivity index is 1.34. The second-order valence-electron chi connectivity index (χ2n) is 9.29. The molecule has 170 valence electrons. The average Bonchev–Trinajstić information content (AvgIpc) is 3.67. The molecule has 3 aliphatic rings. The van der Waals surface area contributed by atoms with E-state index in [4.69, 9.17) is 16.3 Å². The zero-order valence-electron chi connectivity index (χ0n) is 17.4. The summed E-state index contributed by atoms with van der Waals surface area (Å²) in [5.41, 5.74) is 0.284. The number of benzene rings is 1. The van der Waals surface area contributed by atoms with Crippen molar-refractivity contribution in [2.75, 3.05) is 0 Å². The first-order valence-electron chi connectivity index (χ1n) is 10.9. The molecule has 1 aromatic heterocycles. The van der Waals surface area contributed by atoms with Crippen molar-refractivity contribution >= 4 is 27.5 Å². The lowest BCUT2D eigenvalue weighted by molar-refractivity contribution is -0.128. The molecular formula is C23H24ClFN2O4S. The summed E-state index contributed by atoms with van der Waals surface area (Å²) in [6.07, 6.45) is 7.93. The Kier molecular flexibility index (Phi) is 5.21. The predicted octanol–water partition coefficient (Wildman–Crippen LogP) is 4.73. The van der Waals surface area contributed by atoms with Crippen LogP contribution < -0.4 is 9.46 Å². The highest BCUT2D eigenvalue weighted by Gasteiger charge is 2.55. The lowest BCUT2D eigenvalue weighted by Crippen LogP contribution is -2.43. The maximum atomic E-state index is 13.4. The minimum Gasteiger partial charge on any atom is -0.477 e. The molecule has 1 aromatic carbocycles. The summed E-state index contributed by atoms with van der Waals surface area (Å²) >= 11 is 6.22. The molecule has 3 fully saturated rings. The predicted molar refractivity (Wildman–Crippen MR) is 116 cm³/mol. The van der Waals surface area contributed by atoms with E-state index in [9.17, 15) is 17.6 Å². The summed E-state index contributed by atoms with van der Waals surface area (Å²) < 4.78 is 46.6. The number of rotatable bonds is 6. The van der Waals surface area contributed by atoms with Gasteiger partial charge in [-0.25, -0.2) is 9.71 Å². The molecule has 1 amide bonds. The molecule has 0 aliphatic heterocycles. The van der Waals surface area contributed by atoms with Crippen LogP contribution in [0.15, 0.2) is 41.4 Å². The van der Waals surface area contributed by atoms with Crippen LogP contribution in [0.5, 0.6) is 5.75 Å². The fourth-order valence-electron chi connectivity index (χ4n) is 4.66. The van der Waals surface area contributed by atoms with E-state index in [1.54, 1.807) is 6.07 Å². The molecule has 1 spiro atoms. The number of nitrogens with zero attached hydrogens (tertiary/aromatic N) is 1. The highest BCUT2D eigenvalue weighted by Crippen LogP contribution is 2.59. The standard InChI is InChI=1S/C23H24ClFN2O4S/c24-16-4-5-17(15-6-8-22(9-7-15)10-11-22)18(14-16)31-23(12-13-23)21(28)27-32(29,30)20-3-1-2-19(25)26-20/h1-5,14-15H,6-13H2,(H,27,28). The molecule has 5 rings (SSSR count). The van der Waals surface area contributed by atoms with Crippen molar-refractivity contribution in [3.8, 4) is 5.75 Å². The zero-order valence-corrected chi connectivity index (χ0v) is 19.0. The van der Waals surface area contributed by atoms with Gasteiger partial charge in [0.15, 0.2) is 10.6 Å². The summed E-state index contributed by atoms with van der Waals surface area (Å²) in [6.45, 7) is 0. The molecule has 0 unspecified atom stereocenters. The van der Waals surface area contributed by atoms with E-state index in [2.05, 4.69) is 4.98 Å². The van der Waals surface area contributed by atoms with Crippen LogP contribution >= 0.6 is 11.6 Å². The number of carbonyl (C=O) groups is 1. The smallest absolute Gasteiger partial charge is 0.281 e. The van der Waals surface area contributed by atoms with E-state index >= 15 is 0 Å². The summed E-state index contributed by atoms with van der Waals surface area (Å²) in [5.74, 6) is -0.868. The summed E-state index contributed by atoms with van der Waals surface area (Å²) in [7, 11) is -4.32. The summed E-state index contributed by atoms with van der Waals surface area (Å²) in [4.78, 5) is 16.3. The van der Waals surface area contributed by atoms with Gasteiger partial charge in [-0.05, 0) is 79.7 Å². The zero-order chi connectivity index (χ0) is 22.6. The van der Waals surface area contributed by atoms with Gasteiger partial charge in [0.1, 0.15) is 5.75 Å². The van der Waals surface area contributed by atoms with Crippen molar-refractivity contribution in [1.29, 1.82) is 0 Å². The van der Waals surface area contributed by atoms with E-state index in [1.807, 2.05) is 16.9 Å². The van der Waals surface area contributed by atoms with Gasteiger partial charge in [0.05, 0.1) is 0 Å². The van der Waals surface area contributed by atoms with Gasteiger partial charge in [-0.2, -0.15) is 12.8 Å². The Morgan fingerprint density at radius 1 is 1.09 bits per heavy atom. The lowest BCUT2D eigenvalue weighted by Gasteiger charge is -2.30. The third kappa shape index (κ3) is 4.22. The van der Waals surface area contributed by atoms with Crippen molar-refractivity contribution in [1.82, 2.24) is 9.71 Å². The normalized spacial score (nSPS) is 21.2. The van der Waals surface area contributed by atoms with Crippen molar-refractivity contribution in [3.63, 3.8) is 0 Å². The molecule has 9 heteroatoms. The number of hydrogen-bond acceptors (Lipinski definition) is 5. The SMILES string of the molecule is O=C(NS(=O)(=O)c1cccc(F)n1)C1(Oc2cc(Cl)ccc2C2CCC3(CC2)CC3)CC1. The van der Waals surface area contributed by atoms with Gasteiger partial charge in [0.2, 0.25) is 5.95 Å². The number of sulfonamides is 1.